The Morgan fingerprint density at radius 1 is 1.31 bits per heavy atom. The molecule has 2 rings (SSSR count). The van der Waals surface area contributed by atoms with Gasteiger partial charge in [0, 0.05) is 19.2 Å². The third-order valence-electron chi connectivity index (χ3n) is 3.36. The van der Waals surface area contributed by atoms with Crippen molar-refractivity contribution in [2.75, 3.05) is 7.11 Å². The average Bonchev–Trinajstić information content (AvgIpc) is 2.43. The molecule has 13 heavy (non-hydrogen) atoms. The van der Waals surface area contributed by atoms with E-state index in [0.29, 0.717) is 18.2 Å². The second kappa shape index (κ2) is 3.95. The first-order valence-corrected chi connectivity index (χ1v) is 5.26. The van der Waals surface area contributed by atoms with Gasteiger partial charge in [0.05, 0.1) is 12.2 Å². The molecular formula is C10H19NO2. The summed E-state index contributed by atoms with van der Waals surface area (Å²) in [5, 5.41) is 13.1. The quantitative estimate of drug-likeness (QED) is 0.679. The number of aliphatic hydroxyl groups excluding tert-OH is 1. The van der Waals surface area contributed by atoms with Crippen LogP contribution in [0.5, 0.6) is 0 Å². The van der Waals surface area contributed by atoms with Crippen LogP contribution in [-0.4, -0.2) is 36.5 Å². The molecule has 2 saturated carbocycles. The van der Waals surface area contributed by atoms with Crippen molar-refractivity contribution in [3.63, 3.8) is 0 Å². The van der Waals surface area contributed by atoms with E-state index in [1.54, 1.807) is 7.11 Å². The summed E-state index contributed by atoms with van der Waals surface area (Å²) in [6, 6.07) is 0.936. The van der Waals surface area contributed by atoms with Crippen LogP contribution in [-0.2, 0) is 4.74 Å². The smallest absolute Gasteiger partial charge is 0.0693 e. The minimum atomic E-state index is -0.110. The highest BCUT2D eigenvalue weighted by atomic mass is 16.5. The van der Waals surface area contributed by atoms with Crippen LogP contribution in [0, 0.1) is 0 Å². The van der Waals surface area contributed by atoms with E-state index in [9.17, 15) is 5.11 Å². The lowest BCUT2D eigenvalue weighted by atomic mass is 9.88. The second-order valence-electron chi connectivity index (χ2n) is 4.30. The number of rotatable bonds is 3. The Bertz CT molecular complexity index is 168. The van der Waals surface area contributed by atoms with Gasteiger partial charge in [-0.1, -0.05) is 0 Å². The lowest BCUT2D eigenvalue weighted by Crippen LogP contribution is -2.51. The molecule has 76 valence electrons. The Balaban J connectivity index is 1.68. The fourth-order valence-electron chi connectivity index (χ4n) is 2.33. The lowest BCUT2D eigenvalue weighted by molar-refractivity contribution is 0.00860. The molecule has 2 aliphatic rings. The standard InChI is InChI=1S/C10H19NO2/c1-13-8-5-7(6-8)11-9-3-2-4-10(9)12/h7-12H,2-6H2,1H3/t7?,8?,9-,10-/m0/s1. The van der Waals surface area contributed by atoms with Crippen LogP contribution in [0.4, 0.5) is 0 Å². The van der Waals surface area contributed by atoms with Gasteiger partial charge in [-0.15, -0.1) is 0 Å². The summed E-state index contributed by atoms with van der Waals surface area (Å²) in [4.78, 5) is 0. The van der Waals surface area contributed by atoms with Gasteiger partial charge < -0.3 is 15.2 Å². The molecule has 3 heteroatoms. The SMILES string of the molecule is COC1CC(N[C@H]2CCC[C@@H]2O)C1. The molecule has 0 spiro atoms. The maximum absolute atomic E-state index is 9.59. The molecule has 3 nitrogen and oxygen atoms in total. The number of ether oxygens (including phenoxy) is 1. The number of hydrogen-bond donors (Lipinski definition) is 2. The minimum Gasteiger partial charge on any atom is -0.392 e. The molecule has 2 N–H and O–H groups in total. The van der Waals surface area contributed by atoms with Gasteiger partial charge in [-0.25, -0.2) is 0 Å². The van der Waals surface area contributed by atoms with Gasteiger partial charge in [0.25, 0.3) is 0 Å². The summed E-state index contributed by atoms with van der Waals surface area (Å²) in [5.74, 6) is 0. The molecule has 2 fully saturated rings. The summed E-state index contributed by atoms with van der Waals surface area (Å²) in [6.45, 7) is 0. The van der Waals surface area contributed by atoms with Crippen molar-refractivity contribution in [2.24, 2.45) is 0 Å². The first kappa shape index (κ1) is 9.44. The van der Waals surface area contributed by atoms with Crippen LogP contribution in [0.2, 0.25) is 0 Å². The van der Waals surface area contributed by atoms with E-state index in [1.807, 2.05) is 0 Å². The second-order valence-corrected chi connectivity index (χ2v) is 4.30. The topological polar surface area (TPSA) is 41.5 Å². The molecule has 0 amide bonds. The van der Waals surface area contributed by atoms with Crippen molar-refractivity contribution in [3.8, 4) is 0 Å². The van der Waals surface area contributed by atoms with Gasteiger partial charge in [-0.05, 0) is 32.1 Å². The lowest BCUT2D eigenvalue weighted by Gasteiger charge is -2.37. The molecule has 0 heterocycles. The number of hydrogen-bond acceptors (Lipinski definition) is 3. The molecule has 0 radical (unpaired) electrons. The maximum atomic E-state index is 9.59. The molecule has 0 bridgehead atoms. The number of aliphatic hydroxyl groups is 1. The van der Waals surface area contributed by atoms with Gasteiger partial charge in [0.1, 0.15) is 0 Å². The summed E-state index contributed by atoms with van der Waals surface area (Å²) < 4.78 is 5.21. The zero-order valence-electron chi connectivity index (χ0n) is 8.20. The third-order valence-corrected chi connectivity index (χ3v) is 3.36. The Morgan fingerprint density at radius 2 is 2.08 bits per heavy atom. The van der Waals surface area contributed by atoms with E-state index in [2.05, 4.69) is 5.32 Å². The molecule has 2 aliphatic carbocycles. The van der Waals surface area contributed by atoms with Crippen LogP contribution in [0.1, 0.15) is 32.1 Å². The Hall–Kier alpha value is -0.120. The molecule has 0 aromatic rings. The molecule has 0 saturated heterocycles. The minimum absolute atomic E-state index is 0.110. The van der Waals surface area contributed by atoms with Crippen LogP contribution < -0.4 is 5.32 Å². The first-order chi connectivity index (χ1) is 6.29. The van der Waals surface area contributed by atoms with Gasteiger partial charge in [-0.3, -0.25) is 0 Å². The van der Waals surface area contributed by atoms with Crippen molar-refractivity contribution in [1.29, 1.82) is 0 Å². The van der Waals surface area contributed by atoms with E-state index >= 15 is 0 Å². The van der Waals surface area contributed by atoms with E-state index in [0.717, 1.165) is 25.7 Å². The van der Waals surface area contributed by atoms with Crippen molar-refractivity contribution in [2.45, 2.75) is 56.4 Å². The zero-order chi connectivity index (χ0) is 9.26. The van der Waals surface area contributed by atoms with E-state index in [1.165, 1.54) is 6.42 Å². The van der Waals surface area contributed by atoms with E-state index in [-0.39, 0.29) is 6.10 Å². The van der Waals surface area contributed by atoms with Gasteiger partial charge in [0.15, 0.2) is 0 Å². The predicted octanol–water partition coefficient (Wildman–Crippen LogP) is 0.667. The molecule has 0 aromatic heterocycles. The highest BCUT2D eigenvalue weighted by Gasteiger charge is 2.33. The molecule has 0 unspecified atom stereocenters. The normalized spacial score (nSPS) is 44.8. The van der Waals surface area contributed by atoms with Crippen molar-refractivity contribution in [1.82, 2.24) is 5.32 Å². The highest BCUT2D eigenvalue weighted by Crippen LogP contribution is 2.26. The Kier molecular flexibility index (Phi) is 2.86. The molecule has 0 aliphatic heterocycles. The van der Waals surface area contributed by atoms with Crippen LogP contribution in [0.15, 0.2) is 0 Å². The Morgan fingerprint density at radius 3 is 2.62 bits per heavy atom. The summed E-state index contributed by atoms with van der Waals surface area (Å²) in [6.07, 6.45) is 5.84. The van der Waals surface area contributed by atoms with Crippen LogP contribution >= 0.6 is 0 Å². The Labute approximate surface area is 79.5 Å². The largest absolute Gasteiger partial charge is 0.392 e. The van der Waals surface area contributed by atoms with E-state index in [4.69, 9.17) is 4.74 Å². The molecule has 2 atom stereocenters. The van der Waals surface area contributed by atoms with Crippen molar-refractivity contribution in [3.05, 3.63) is 0 Å². The number of nitrogens with one attached hydrogen (secondary N) is 1. The van der Waals surface area contributed by atoms with Gasteiger partial charge >= 0.3 is 0 Å². The predicted molar refractivity (Wildman–Crippen MR) is 50.6 cm³/mol. The van der Waals surface area contributed by atoms with Crippen LogP contribution in [0.3, 0.4) is 0 Å². The number of methoxy groups -OCH3 is 1. The highest BCUT2D eigenvalue weighted by molar-refractivity contribution is 4.92. The van der Waals surface area contributed by atoms with Crippen molar-refractivity contribution < 1.29 is 9.84 Å². The summed E-state index contributed by atoms with van der Waals surface area (Å²) >= 11 is 0. The maximum Gasteiger partial charge on any atom is 0.0693 e. The third kappa shape index (κ3) is 2.03. The molecular weight excluding hydrogens is 166 g/mol. The zero-order valence-corrected chi connectivity index (χ0v) is 8.20. The molecule has 0 aromatic carbocycles. The van der Waals surface area contributed by atoms with Gasteiger partial charge in [-0.2, -0.15) is 0 Å². The monoisotopic (exact) mass is 185 g/mol. The fraction of sp³-hybridized carbons (Fsp3) is 1.00. The summed E-state index contributed by atoms with van der Waals surface area (Å²) in [5.41, 5.74) is 0. The van der Waals surface area contributed by atoms with Crippen LogP contribution in [0.25, 0.3) is 0 Å². The average molecular weight is 185 g/mol. The first-order valence-electron chi connectivity index (χ1n) is 5.26. The van der Waals surface area contributed by atoms with Crippen molar-refractivity contribution >= 4 is 0 Å². The van der Waals surface area contributed by atoms with E-state index < -0.39 is 0 Å². The fourth-order valence-corrected chi connectivity index (χ4v) is 2.33. The summed E-state index contributed by atoms with van der Waals surface area (Å²) in [7, 11) is 1.77. The van der Waals surface area contributed by atoms with Gasteiger partial charge in [0.2, 0.25) is 0 Å².